The molecular formula is C19H22N2O. The van der Waals surface area contributed by atoms with E-state index < -0.39 is 0 Å². The van der Waals surface area contributed by atoms with Crippen LogP contribution in [-0.4, -0.2) is 24.5 Å². The molecule has 0 heterocycles. The van der Waals surface area contributed by atoms with Crippen LogP contribution in [0, 0.1) is 11.3 Å². The van der Waals surface area contributed by atoms with Crippen molar-refractivity contribution in [3.8, 4) is 11.8 Å². The topological polar surface area (TPSA) is 36.3 Å². The lowest BCUT2D eigenvalue weighted by Crippen LogP contribution is -2.31. The Morgan fingerprint density at radius 3 is 2.36 bits per heavy atom. The highest BCUT2D eigenvalue weighted by molar-refractivity contribution is 5.28. The van der Waals surface area contributed by atoms with Gasteiger partial charge in [-0.15, -0.1) is 0 Å². The molecule has 3 heteroatoms. The average Bonchev–Trinajstić information content (AvgIpc) is 2.55. The first-order valence-corrected chi connectivity index (χ1v) is 7.52. The van der Waals surface area contributed by atoms with Crippen molar-refractivity contribution < 1.29 is 4.74 Å². The number of hydrogen-bond acceptors (Lipinski definition) is 3. The van der Waals surface area contributed by atoms with E-state index in [1.807, 2.05) is 37.4 Å². The second-order valence-corrected chi connectivity index (χ2v) is 5.54. The van der Waals surface area contributed by atoms with Crippen LogP contribution in [0.1, 0.15) is 18.1 Å². The van der Waals surface area contributed by atoms with E-state index in [-0.39, 0.29) is 0 Å². The summed E-state index contributed by atoms with van der Waals surface area (Å²) in [5.41, 5.74) is 2.42. The van der Waals surface area contributed by atoms with Gasteiger partial charge in [0.2, 0.25) is 0 Å². The van der Waals surface area contributed by atoms with Crippen molar-refractivity contribution in [2.75, 3.05) is 13.6 Å². The Balaban J connectivity index is 1.86. The van der Waals surface area contributed by atoms with Crippen LogP contribution in [0.5, 0.6) is 5.75 Å². The van der Waals surface area contributed by atoms with Crippen molar-refractivity contribution in [2.45, 2.75) is 26.0 Å². The van der Waals surface area contributed by atoms with Crippen LogP contribution in [0.2, 0.25) is 0 Å². The minimum atomic E-state index is 0.343. The van der Waals surface area contributed by atoms with Gasteiger partial charge in [-0.3, -0.25) is 4.90 Å². The molecule has 2 aromatic rings. The SMILES string of the molecule is CC(Cc1ccc(OCc2ccccc2)cc1)N(C)CC#N. The zero-order valence-corrected chi connectivity index (χ0v) is 13.2. The first kappa shape index (κ1) is 16.1. The van der Waals surface area contributed by atoms with Crippen LogP contribution in [0.25, 0.3) is 0 Å². The third kappa shape index (κ3) is 4.91. The van der Waals surface area contributed by atoms with E-state index in [1.165, 1.54) is 11.1 Å². The molecule has 0 amide bonds. The Bertz CT molecular complexity index is 602. The summed E-state index contributed by atoms with van der Waals surface area (Å²) in [4.78, 5) is 2.06. The van der Waals surface area contributed by atoms with E-state index in [1.54, 1.807) is 0 Å². The molecule has 0 bridgehead atoms. The quantitative estimate of drug-likeness (QED) is 0.731. The normalized spacial score (nSPS) is 11.9. The summed E-state index contributed by atoms with van der Waals surface area (Å²) in [5.74, 6) is 0.880. The highest BCUT2D eigenvalue weighted by atomic mass is 16.5. The molecule has 0 fully saturated rings. The first-order chi connectivity index (χ1) is 10.7. The molecule has 0 spiro atoms. The lowest BCUT2D eigenvalue weighted by molar-refractivity contribution is 0.285. The van der Waals surface area contributed by atoms with E-state index in [0.29, 0.717) is 19.2 Å². The molecule has 0 aliphatic rings. The molecule has 0 aliphatic heterocycles. The number of benzene rings is 2. The van der Waals surface area contributed by atoms with Crippen LogP contribution < -0.4 is 4.74 Å². The lowest BCUT2D eigenvalue weighted by Gasteiger charge is -2.21. The highest BCUT2D eigenvalue weighted by Gasteiger charge is 2.09. The fraction of sp³-hybridized carbons (Fsp3) is 0.316. The Labute approximate surface area is 132 Å². The lowest BCUT2D eigenvalue weighted by atomic mass is 10.1. The van der Waals surface area contributed by atoms with Gasteiger partial charge < -0.3 is 4.74 Å². The van der Waals surface area contributed by atoms with Gasteiger partial charge in [0.25, 0.3) is 0 Å². The Morgan fingerprint density at radius 1 is 1.05 bits per heavy atom. The van der Waals surface area contributed by atoms with Gasteiger partial charge in [0.05, 0.1) is 12.6 Å². The Morgan fingerprint density at radius 2 is 1.73 bits per heavy atom. The average molecular weight is 294 g/mol. The van der Waals surface area contributed by atoms with E-state index >= 15 is 0 Å². The number of hydrogen-bond donors (Lipinski definition) is 0. The molecule has 1 atom stereocenters. The number of likely N-dealkylation sites (N-methyl/N-ethyl adjacent to an activating group) is 1. The largest absolute Gasteiger partial charge is 0.489 e. The van der Waals surface area contributed by atoms with Gasteiger partial charge in [0.15, 0.2) is 0 Å². The van der Waals surface area contributed by atoms with Gasteiger partial charge in [-0.2, -0.15) is 5.26 Å². The predicted octanol–water partition coefficient (Wildman–Crippen LogP) is 3.65. The molecule has 22 heavy (non-hydrogen) atoms. The van der Waals surface area contributed by atoms with Gasteiger partial charge in [-0.1, -0.05) is 42.5 Å². The van der Waals surface area contributed by atoms with E-state index in [0.717, 1.165) is 12.2 Å². The molecule has 2 aromatic carbocycles. The zero-order chi connectivity index (χ0) is 15.8. The maximum Gasteiger partial charge on any atom is 0.119 e. The molecule has 0 aliphatic carbocycles. The van der Waals surface area contributed by atoms with Crippen LogP contribution in [0.4, 0.5) is 0 Å². The van der Waals surface area contributed by atoms with Crippen LogP contribution >= 0.6 is 0 Å². The highest BCUT2D eigenvalue weighted by Crippen LogP contribution is 2.16. The smallest absolute Gasteiger partial charge is 0.119 e. The summed E-state index contributed by atoms with van der Waals surface area (Å²) in [6.45, 7) is 3.18. The minimum absolute atomic E-state index is 0.343. The molecule has 0 aromatic heterocycles. The van der Waals surface area contributed by atoms with Crippen molar-refractivity contribution in [2.24, 2.45) is 0 Å². The summed E-state index contributed by atoms with van der Waals surface area (Å²) in [6, 6.07) is 20.9. The van der Waals surface area contributed by atoms with E-state index in [9.17, 15) is 0 Å². The predicted molar refractivity (Wildman–Crippen MR) is 88.6 cm³/mol. The fourth-order valence-electron chi connectivity index (χ4n) is 2.23. The second-order valence-electron chi connectivity index (χ2n) is 5.54. The molecule has 0 N–H and O–H groups in total. The van der Waals surface area contributed by atoms with Gasteiger partial charge in [0, 0.05) is 6.04 Å². The molecule has 0 saturated heterocycles. The summed E-state index contributed by atoms with van der Waals surface area (Å²) < 4.78 is 5.78. The summed E-state index contributed by atoms with van der Waals surface area (Å²) in [6.07, 6.45) is 0.928. The minimum Gasteiger partial charge on any atom is -0.489 e. The summed E-state index contributed by atoms with van der Waals surface area (Å²) in [7, 11) is 1.98. The maximum atomic E-state index is 8.73. The zero-order valence-electron chi connectivity index (χ0n) is 13.2. The van der Waals surface area contributed by atoms with Crippen molar-refractivity contribution in [3.63, 3.8) is 0 Å². The molecule has 3 nitrogen and oxygen atoms in total. The molecule has 1 unspecified atom stereocenters. The third-order valence-electron chi connectivity index (χ3n) is 3.78. The molecule has 2 rings (SSSR count). The number of nitriles is 1. The number of rotatable bonds is 7. The molecule has 0 saturated carbocycles. The van der Waals surface area contributed by atoms with Gasteiger partial charge in [0.1, 0.15) is 12.4 Å². The van der Waals surface area contributed by atoms with Gasteiger partial charge >= 0.3 is 0 Å². The van der Waals surface area contributed by atoms with Gasteiger partial charge in [-0.05, 0) is 43.7 Å². The maximum absolute atomic E-state index is 8.73. The van der Waals surface area contributed by atoms with E-state index in [4.69, 9.17) is 10.00 Å². The van der Waals surface area contributed by atoms with Crippen LogP contribution in [0.15, 0.2) is 54.6 Å². The Kier molecular flexibility index (Phi) is 6.00. The van der Waals surface area contributed by atoms with Crippen molar-refractivity contribution >= 4 is 0 Å². The van der Waals surface area contributed by atoms with E-state index in [2.05, 4.69) is 42.2 Å². The number of nitrogens with zero attached hydrogens (tertiary/aromatic N) is 2. The number of ether oxygens (including phenoxy) is 1. The van der Waals surface area contributed by atoms with Crippen molar-refractivity contribution in [1.82, 2.24) is 4.90 Å². The molecule has 0 radical (unpaired) electrons. The van der Waals surface area contributed by atoms with Crippen LogP contribution in [-0.2, 0) is 13.0 Å². The Hall–Kier alpha value is -2.31. The summed E-state index contributed by atoms with van der Waals surface area (Å²) in [5, 5.41) is 8.73. The van der Waals surface area contributed by atoms with Gasteiger partial charge in [-0.25, -0.2) is 0 Å². The third-order valence-corrected chi connectivity index (χ3v) is 3.78. The van der Waals surface area contributed by atoms with Crippen molar-refractivity contribution in [3.05, 3.63) is 65.7 Å². The first-order valence-electron chi connectivity index (χ1n) is 7.52. The second kappa shape index (κ2) is 8.21. The molecule has 114 valence electrons. The monoisotopic (exact) mass is 294 g/mol. The fourth-order valence-corrected chi connectivity index (χ4v) is 2.23. The standard InChI is InChI=1S/C19H22N2O/c1-16(21(2)13-12-20)14-17-8-10-19(11-9-17)22-15-18-6-4-3-5-7-18/h3-11,16H,13-15H2,1-2H3. The molecular weight excluding hydrogens is 272 g/mol. The van der Waals surface area contributed by atoms with Crippen LogP contribution in [0.3, 0.4) is 0 Å². The summed E-state index contributed by atoms with van der Waals surface area (Å²) >= 11 is 0. The van der Waals surface area contributed by atoms with Crippen molar-refractivity contribution in [1.29, 1.82) is 5.26 Å².